The van der Waals surface area contributed by atoms with Gasteiger partial charge < -0.3 is 5.32 Å². The maximum Gasteiger partial charge on any atom is 0.150 e. The van der Waals surface area contributed by atoms with Gasteiger partial charge in [-0.3, -0.25) is 0 Å². The van der Waals surface area contributed by atoms with Crippen LogP contribution in [-0.2, 0) is 9.84 Å². The van der Waals surface area contributed by atoms with Crippen molar-refractivity contribution in [3.05, 3.63) is 0 Å². The van der Waals surface area contributed by atoms with Gasteiger partial charge in [-0.05, 0) is 37.8 Å². The minimum absolute atomic E-state index is 0.413. The number of sulfone groups is 1. The van der Waals surface area contributed by atoms with E-state index in [2.05, 4.69) is 5.32 Å². The Morgan fingerprint density at radius 3 is 2.83 bits per heavy atom. The van der Waals surface area contributed by atoms with Crippen LogP contribution in [0.2, 0.25) is 0 Å². The van der Waals surface area contributed by atoms with Crippen molar-refractivity contribution in [2.75, 3.05) is 24.6 Å². The van der Waals surface area contributed by atoms with Crippen LogP contribution in [0.5, 0.6) is 0 Å². The van der Waals surface area contributed by atoms with E-state index in [0.29, 0.717) is 23.3 Å². The van der Waals surface area contributed by atoms with E-state index in [9.17, 15) is 8.42 Å². The van der Waals surface area contributed by atoms with Crippen LogP contribution in [0.4, 0.5) is 0 Å². The van der Waals surface area contributed by atoms with Gasteiger partial charge in [0, 0.05) is 0 Å². The number of hydrogen-bond acceptors (Lipinski definition) is 3. The van der Waals surface area contributed by atoms with Crippen LogP contribution < -0.4 is 5.32 Å². The average Bonchev–Trinajstić information content (AvgIpc) is 2.02. The van der Waals surface area contributed by atoms with Crippen LogP contribution in [-0.4, -0.2) is 33.0 Å². The molecule has 3 nitrogen and oxygen atoms in total. The molecule has 2 heterocycles. The molecule has 1 N–H and O–H groups in total. The molecule has 2 saturated heterocycles. The number of nitrogens with one attached hydrogen (secondary N) is 1. The highest BCUT2D eigenvalue weighted by atomic mass is 32.2. The zero-order chi connectivity index (χ0) is 8.60. The smallest absolute Gasteiger partial charge is 0.150 e. The number of hydrogen-bond donors (Lipinski definition) is 1. The molecule has 2 aliphatic heterocycles. The Balaban J connectivity index is 2.08. The molecule has 2 unspecified atom stereocenters. The summed E-state index contributed by atoms with van der Waals surface area (Å²) < 4.78 is 22.6. The Morgan fingerprint density at radius 1 is 1.17 bits per heavy atom. The maximum atomic E-state index is 11.3. The second-order valence-corrected chi connectivity index (χ2v) is 6.14. The van der Waals surface area contributed by atoms with E-state index in [1.165, 1.54) is 0 Å². The monoisotopic (exact) mass is 189 g/mol. The zero-order valence-corrected chi connectivity index (χ0v) is 7.94. The molecule has 12 heavy (non-hydrogen) atoms. The molecule has 0 aromatic rings. The van der Waals surface area contributed by atoms with Crippen molar-refractivity contribution in [1.82, 2.24) is 5.32 Å². The van der Waals surface area contributed by atoms with Crippen LogP contribution in [0.1, 0.15) is 12.8 Å². The summed E-state index contributed by atoms with van der Waals surface area (Å²) in [4.78, 5) is 0. The van der Waals surface area contributed by atoms with Gasteiger partial charge in [0.1, 0.15) is 0 Å². The third-order valence-corrected chi connectivity index (χ3v) is 4.83. The van der Waals surface area contributed by atoms with Gasteiger partial charge in [0.25, 0.3) is 0 Å². The molecule has 0 aromatic carbocycles. The number of fused-ring (bicyclic) bond motifs is 1. The summed E-state index contributed by atoms with van der Waals surface area (Å²) in [6.45, 7) is 2.02. The standard InChI is InChI=1S/C8H15NO2S/c10-12(11)4-2-7-5-9-3-1-8(7)6-12/h7-9H,1-6H2. The van der Waals surface area contributed by atoms with Crippen molar-refractivity contribution in [3.8, 4) is 0 Å². The Morgan fingerprint density at radius 2 is 2.00 bits per heavy atom. The fourth-order valence-electron chi connectivity index (χ4n) is 2.27. The zero-order valence-electron chi connectivity index (χ0n) is 7.12. The summed E-state index contributed by atoms with van der Waals surface area (Å²) in [6.07, 6.45) is 1.92. The maximum absolute atomic E-state index is 11.3. The lowest BCUT2D eigenvalue weighted by molar-refractivity contribution is 0.260. The second kappa shape index (κ2) is 3.00. The predicted molar refractivity (Wildman–Crippen MR) is 47.7 cm³/mol. The molecular weight excluding hydrogens is 174 g/mol. The first-order valence-electron chi connectivity index (χ1n) is 4.58. The van der Waals surface area contributed by atoms with Gasteiger partial charge >= 0.3 is 0 Å². The van der Waals surface area contributed by atoms with Gasteiger partial charge in [0.2, 0.25) is 0 Å². The molecule has 0 aliphatic carbocycles. The highest BCUT2D eigenvalue weighted by molar-refractivity contribution is 7.91. The van der Waals surface area contributed by atoms with Gasteiger partial charge in [-0.2, -0.15) is 0 Å². The van der Waals surface area contributed by atoms with E-state index in [1.54, 1.807) is 0 Å². The Labute approximate surface area is 73.5 Å². The van der Waals surface area contributed by atoms with Crippen LogP contribution in [0.25, 0.3) is 0 Å². The van der Waals surface area contributed by atoms with E-state index in [-0.39, 0.29) is 0 Å². The Bertz CT molecular complexity index is 260. The predicted octanol–water partition coefficient (Wildman–Crippen LogP) is 0.0306. The van der Waals surface area contributed by atoms with Crippen LogP contribution >= 0.6 is 0 Å². The van der Waals surface area contributed by atoms with Crippen molar-refractivity contribution >= 4 is 9.84 Å². The molecule has 2 fully saturated rings. The van der Waals surface area contributed by atoms with Gasteiger partial charge in [0.05, 0.1) is 11.5 Å². The molecule has 0 saturated carbocycles. The molecule has 0 radical (unpaired) electrons. The first-order chi connectivity index (χ1) is 5.67. The third-order valence-electron chi connectivity index (χ3n) is 3.03. The molecule has 0 amide bonds. The molecule has 0 spiro atoms. The Hall–Kier alpha value is -0.0900. The van der Waals surface area contributed by atoms with Crippen molar-refractivity contribution < 1.29 is 8.42 Å². The lowest BCUT2D eigenvalue weighted by Gasteiger charge is -2.35. The fraction of sp³-hybridized carbons (Fsp3) is 1.00. The van der Waals surface area contributed by atoms with E-state index in [4.69, 9.17) is 0 Å². The quantitative estimate of drug-likeness (QED) is 0.585. The van der Waals surface area contributed by atoms with Crippen molar-refractivity contribution in [3.63, 3.8) is 0 Å². The van der Waals surface area contributed by atoms with Crippen molar-refractivity contribution in [2.45, 2.75) is 12.8 Å². The van der Waals surface area contributed by atoms with E-state index in [0.717, 1.165) is 25.9 Å². The molecule has 2 atom stereocenters. The SMILES string of the molecule is O=S1(=O)CCC2CNCCC2C1. The highest BCUT2D eigenvalue weighted by Gasteiger charge is 2.34. The first kappa shape index (κ1) is 8.51. The van der Waals surface area contributed by atoms with Crippen molar-refractivity contribution in [1.29, 1.82) is 0 Å². The van der Waals surface area contributed by atoms with Gasteiger partial charge in [-0.25, -0.2) is 8.42 Å². The van der Waals surface area contributed by atoms with Crippen LogP contribution in [0.15, 0.2) is 0 Å². The molecular formula is C8H15NO2S. The summed E-state index contributed by atoms with van der Waals surface area (Å²) >= 11 is 0. The Kier molecular flexibility index (Phi) is 2.12. The molecule has 0 aromatic heterocycles. The lowest BCUT2D eigenvalue weighted by Crippen LogP contribution is -2.43. The number of rotatable bonds is 0. The summed E-state index contributed by atoms with van der Waals surface area (Å²) in [5, 5.41) is 3.32. The fourth-order valence-corrected chi connectivity index (χ4v) is 4.19. The largest absolute Gasteiger partial charge is 0.316 e. The number of piperidine rings is 1. The average molecular weight is 189 g/mol. The van der Waals surface area contributed by atoms with Gasteiger partial charge in [-0.15, -0.1) is 0 Å². The lowest BCUT2D eigenvalue weighted by atomic mass is 9.86. The van der Waals surface area contributed by atoms with Crippen LogP contribution in [0, 0.1) is 11.8 Å². The summed E-state index contributed by atoms with van der Waals surface area (Å²) in [5.41, 5.74) is 0. The van der Waals surface area contributed by atoms with E-state index in [1.807, 2.05) is 0 Å². The third kappa shape index (κ3) is 1.64. The summed E-state index contributed by atoms with van der Waals surface area (Å²) in [7, 11) is -2.68. The molecule has 2 aliphatic rings. The van der Waals surface area contributed by atoms with Crippen LogP contribution in [0.3, 0.4) is 0 Å². The topological polar surface area (TPSA) is 46.2 Å². The second-order valence-electron chi connectivity index (χ2n) is 3.92. The molecule has 2 rings (SSSR count). The summed E-state index contributed by atoms with van der Waals surface area (Å²) in [5.74, 6) is 1.93. The minimum atomic E-state index is -2.68. The van der Waals surface area contributed by atoms with Gasteiger partial charge in [-0.1, -0.05) is 0 Å². The molecule has 4 heteroatoms. The molecule has 0 bridgehead atoms. The molecule has 70 valence electrons. The van der Waals surface area contributed by atoms with E-state index >= 15 is 0 Å². The summed E-state index contributed by atoms with van der Waals surface area (Å²) in [6, 6.07) is 0. The first-order valence-corrected chi connectivity index (χ1v) is 6.41. The minimum Gasteiger partial charge on any atom is -0.316 e. The van der Waals surface area contributed by atoms with Gasteiger partial charge in [0.15, 0.2) is 9.84 Å². The highest BCUT2D eigenvalue weighted by Crippen LogP contribution is 2.29. The normalized spacial score (nSPS) is 40.3. The van der Waals surface area contributed by atoms with E-state index < -0.39 is 9.84 Å². The van der Waals surface area contributed by atoms with Crippen molar-refractivity contribution in [2.24, 2.45) is 11.8 Å².